The Kier molecular flexibility index (Phi) is 3.93. The van der Waals surface area contributed by atoms with Gasteiger partial charge in [0, 0.05) is 19.0 Å². The molecule has 2 atom stereocenters. The molecule has 3 rings (SSSR count). The van der Waals surface area contributed by atoms with Gasteiger partial charge in [0.15, 0.2) is 0 Å². The Morgan fingerprint density at radius 1 is 1.19 bits per heavy atom. The quantitative estimate of drug-likeness (QED) is 0.939. The highest BCUT2D eigenvalue weighted by Crippen LogP contribution is 2.35. The lowest BCUT2D eigenvalue weighted by molar-refractivity contribution is -0.137. The first-order valence-electron chi connectivity index (χ1n) is 7.75. The lowest BCUT2D eigenvalue weighted by Crippen LogP contribution is -2.49. The molecule has 1 saturated heterocycles. The van der Waals surface area contributed by atoms with E-state index in [9.17, 15) is 4.79 Å². The van der Waals surface area contributed by atoms with E-state index in [0.717, 1.165) is 19.4 Å². The Balaban J connectivity index is 2.11. The minimum atomic E-state index is -0.00250. The lowest BCUT2D eigenvalue weighted by atomic mass is 9.87. The molecule has 110 valence electrons. The van der Waals surface area contributed by atoms with E-state index in [-0.39, 0.29) is 18.0 Å². The molecule has 1 heterocycles. The van der Waals surface area contributed by atoms with Crippen LogP contribution in [0.2, 0.25) is 0 Å². The number of rotatable bonds is 3. The Morgan fingerprint density at radius 2 is 1.95 bits per heavy atom. The second-order valence-corrected chi connectivity index (χ2v) is 5.80. The third kappa shape index (κ3) is 2.54. The summed E-state index contributed by atoms with van der Waals surface area (Å²) < 4.78 is 0. The van der Waals surface area contributed by atoms with Crippen LogP contribution in [-0.2, 0) is 4.79 Å². The van der Waals surface area contributed by atoms with E-state index in [1.807, 2.05) is 17.0 Å². The highest BCUT2D eigenvalue weighted by molar-refractivity contribution is 5.87. The largest absolute Gasteiger partial charge is 0.334 e. The van der Waals surface area contributed by atoms with Crippen LogP contribution in [-0.4, -0.2) is 23.4 Å². The van der Waals surface area contributed by atoms with Gasteiger partial charge in [-0.25, -0.2) is 0 Å². The summed E-state index contributed by atoms with van der Waals surface area (Å²) >= 11 is 0. The first kappa shape index (κ1) is 14.1. The Hall–Kier alpha value is -1.87. The predicted octanol–water partition coefficient (Wildman–Crippen LogP) is 3.24. The number of benzene rings is 2. The zero-order valence-electron chi connectivity index (χ0n) is 12.5. The van der Waals surface area contributed by atoms with Crippen molar-refractivity contribution in [1.82, 2.24) is 4.90 Å². The first-order chi connectivity index (χ1) is 10.2. The van der Waals surface area contributed by atoms with E-state index in [0.29, 0.717) is 6.42 Å². The summed E-state index contributed by atoms with van der Waals surface area (Å²) in [6.45, 7) is 2.88. The van der Waals surface area contributed by atoms with Crippen molar-refractivity contribution in [3.8, 4) is 0 Å². The number of carbonyl (C=O) groups is 1. The van der Waals surface area contributed by atoms with E-state index < -0.39 is 0 Å². The molecule has 0 aliphatic carbocycles. The minimum absolute atomic E-state index is 0.00250. The van der Waals surface area contributed by atoms with Crippen molar-refractivity contribution in [2.24, 2.45) is 5.73 Å². The van der Waals surface area contributed by atoms with Crippen LogP contribution in [0.4, 0.5) is 0 Å². The van der Waals surface area contributed by atoms with Gasteiger partial charge < -0.3 is 10.6 Å². The molecule has 2 N–H and O–H groups in total. The highest BCUT2D eigenvalue weighted by Gasteiger charge is 2.34. The van der Waals surface area contributed by atoms with Crippen molar-refractivity contribution in [3.63, 3.8) is 0 Å². The van der Waals surface area contributed by atoms with Crippen LogP contribution in [0.1, 0.15) is 37.8 Å². The molecule has 0 saturated carbocycles. The zero-order valence-corrected chi connectivity index (χ0v) is 12.5. The van der Waals surface area contributed by atoms with Crippen LogP contribution in [0.15, 0.2) is 42.5 Å². The van der Waals surface area contributed by atoms with Gasteiger partial charge in [-0.1, -0.05) is 49.4 Å². The van der Waals surface area contributed by atoms with Crippen molar-refractivity contribution < 1.29 is 4.79 Å². The van der Waals surface area contributed by atoms with Crippen molar-refractivity contribution in [3.05, 3.63) is 48.0 Å². The van der Waals surface area contributed by atoms with Gasteiger partial charge in [-0.15, -0.1) is 0 Å². The number of nitrogens with zero attached hydrogens (tertiary/aromatic N) is 1. The molecular weight excluding hydrogens is 260 g/mol. The van der Waals surface area contributed by atoms with Gasteiger partial charge in [-0.3, -0.25) is 4.79 Å². The van der Waals surface area contributed by atoms with Gasteiger partial charge in [0.05, 0.1) is 6.04 Å². The fourth-order valence-corrected chi connectivity index (χ4v) is 3.39. The van der Waals surface area contributed by atoms with Crippen LogP contribution in [0.3, 0.4) is 0 Å². The number of hydrogen-bond acceptors (Lipinski definition) is 2. The first-order valence-corrected chi connectivity index (χ1v) is 7.75. The molecule has 0 bridgehead atoms. The van der Waals surface area contributed by atoms with E-state index >= 15 is 0 Å². The molecule has 2 aromatic carbocycles. The molecule has 1 aliphatic heterocycles. The van der Waals surface area contributed by atoms with E-state index in [4.69, 9.17) is 5.73 Å². The van der Waals surface area contributed by atoms with Crippen LogP contribution < -0.4 is 5.73 Å². The third-order valence-corrected chi connectivity index (χ3v) is 4.36. The number of amides is 1. The summed E-state index contributed by atoms with van der Waals surface area (Å²) in [4.78, 5) is 14.3. The lowest BCUT2D eigenvalue weighted by Gasteiger charge is -2.40. The third-order valence-electron chi connectivity index (χ3n) is 4.36. The number of nitrogens with two attached hydrogens (primary N) is 1. The number of hydrogen-bond donors (Lipinski definition) is 1. The van der Waals surface area contributed by atoms with Gasteiger partial charge >= 0.3 is 0 Å². The standard InChI is InChI=1S/C18H22N2O/c1-2-12-20-17(21)11-10-16(19)18(20)15-9-5-7-13-6-3-4-8-14(13)15/h3-9,16,18H,2,10-12,19H2,1H3. The van der Waals surface area contributed by atoms with Gasteiger partial charge in [0.25, 0.3) is 0 Å². The number of likely N-dealkylation sites (tertiary alicyclic amines) is 1. The molecule has 3 heteroatoms. The van der Waals surface area contributed by atoms with Gasteiger partial charge in [0.1, 0.15) is 0 Å². The highest BCUT2D eigenvalue weighted by atomic mass is 16.2. The van der Waals surface area contributed by atoms with E-state index in [2.05, 4.69) is 37.3 Å². The molecule has 1 aliphatic rings. The summed E-state index contributed by atoms with van der Waals surface area (Å²) in [6.07, 6.45) is 2.30. The average Bonchev–Trinajstić information content (AvgIpc) is 2.51. The monoisotopic (exact) mass is 282 g/mol. The molecule has 0 spiro atoms. The van der Waals surface area contributed by atoms with Gasteiger partial charge in [0.2, 0.25) is 5.91 Å². The summed E-state index contributed by atoms with van der Waals surface area (Å²) in [6, 6.07) is 14.6. The van der Waals surface area contributed by atoms with E-state index in [1.54, 1.807) is 0 Å². The van der Waals surface area contributed by atoms with Crippen LogP contribution in [0.25, 0.3) is 10.8 Å². The molecule has 2 unspecified atom stereocenters. The van der Waals surface area contributed by atoms with E-state index in [1.165, 1.54) is 16.3 Å². The molecule has 2 aromatic rings. The fourth-order valence-electron chi connectivity index (χ4n) is 3.39. The number of piperidine rings is 1. The summed E-state index contributed by atoms with van der Waals surface area (Å²) in [5, 5.41) is 2.41. The molecule has 0 aromatic heterocycles. The van der Waals surface area contributed by atoms with Crippen LogP contribution in [0.5, 0.6) is 0 Å². The number of fused-ring (bicyclic) bond motifs is 1. The summed E-state index contributed by atoms with van der Waals surface area (Å²) in [5.74, 6) is 0.233. The van der Waals surface area contributed by atoms with Crippen LogP contribution in [0, 0.1) is 0 Å². The van der Waals surface area contributed by atoms with Crippen molar-refractivity contribution >= 4 is 16.7 Å². The second kappa shape index (κ2) is 5.86. The predicted molar refractivity (Wildman–Crippen MR) is 85.9 cm³/mol. The smallest absolute Gasteiger partial charge is 0.223 e. The Labute approximate surface area is 125 Å². The van der Waals surface area contributed by atoms with Crippen molar-refractivity contribution in [1.29, 1.82) is 0 Å². The van der Waals surface area contributed by atoms with Crippen molar-refractivity contribution in [2.75, 3.05) is 6.54 Å². The Morgan fingerprint density at radius 3 is 2.76 bits per heavy atom. The maximum absolute atomic E-state index is 12.3. The van der Waals surface area contributed by atoms with Crippen LogP contribution >= 0.6 is 0 Å². The molecule has 0 radical (unpaired) electrons. The van der Waals surface area contributed by atoms with Gasteiger partial charge in [-0.2, -0.15) is 0 Å². The molecule has 3 nitrogen and oxygen atoms in total. The normalized spacial score (nSPS) is 22.8. The van der Waals surface area contributed by atoms with Gasteiger partial charge in [-0.05, 0) is 29.2 Å². The SMILES string of the molecule is CCCN1C(=O)CCC(N)C1c1cccc2ccccc12. The molecule has 21 heavy (non-hydrogen) atoms. The number of carbonyl (C=O) groups excluding carboxylic acids is 1. The maximum atomic E-state index is 12.3. The summed E-state index contributed by atoms with van der Waals surface area (Å²) in [5.41, 5.74) is 7.57. The molecule has 1 amide bonds. The molecule has 1 fully saturated rings. The Bertz CT molecular complexity index is 647. The topological polar surface area (TPSA) is 46.3 Å². The zero-order chi connectivity index (χ0) is 14.8. The maximum Gasteiger partial charge on any atom is 0.223 e. The average molecular weight is 282 g/mol. The fraction of sp³-hybridized carbons (Fsp3) is 0.389. The molecular formula is C18H22N2O. The second-order valence-electron chi connectivity index (χ2n) is 5.80. The summed E-state index contributed by atoms with van der Waals surface area (Å²) in [7, 11) is 0. The minimum Gasteiger partial charge on any atom is -0.334 e. The van der Waals surface area contributed by atoms with Crippen molar-refractivity contribution in [2.45, 2.75) is 38.3 Å².